The molecule has 7 heteroatoms. The van der Waals surface area contributed by atoms with Crippen LogP contribution in [0.2, 0.25) is 0 Å². The zero-order chi connectivity index (χ0) is 16.7. The van der Waals surface area contributed by atoms with Gasteiger partial charge in [-0.3, -0.25) is 14.4 Å². The number of ether oxygens (including phenoxy) is 1. The predicted octanol–water partition coefficient (Wildman–Crippen LogP) is 1.20. The first kappa shape index (κ1) is 17.7. The fraction of sp³-hybridized carbons (Fsp3) is 0.533. The molecule has 0 fully saturated rings. The molecule has 1 N–H and O–H groups in total. The van der Waals surface area contributed by atoms with Gasteiger partial charge in [-0.2, -0.15) is 0 Å². The maximum Gasteiger partial charge on any atom is 0.325 e. The maximum atomic E-state index is 12.0. The number of carbonyl (C=O) groups is 3. The average Bonchev–Trinajstić information content (AvgIpc) is 2.95. The second kappa shape index (κ2) is 8.21. The first-order chi connectivity index (χ1) is 10.3. The van der Waals surface area contributed by atoms with Gasteiger partial charge in [0, 0.05) is 12.1 Å². The Morgan fingerprint density at radius 2 is 1.86 bits per heavy atom. The molecule has 1 heterocycles. The first-order valence-corrected chi connectivity index (χ1v) is 7.11. The molecule has 22 heavy (non-hydrogen) atoms. The summed E-state index contributed by atoms with van der Waals surface area (Å²) in [7, 11) is 0. The Labute approximate surface area is 129 Å². The van der Waals surface area contributed by atoms with E-state index in [2.05, 4.69) is 5.32 Å². The van der Waals surface area contributed by atoms with Crippen LogP contribution in [0.4, 0.5) is 0 Å². The molecular weight excluding hydrogens is 288 g/mol. The summed E-state index contributed by atoms with van der Waals surface area (Å²) < 4.78 is 9.76. The number of hydrogen-bond donors (Lipinski definition) is 1. The minimum atomic E-state index is -0.680. The molecule has 1 aromatic heterocycles. The Hall–Kier alpha value is -2.31. The number of hydrogen-bond acceptors (Lipinski definition) is 5. The topological polar surface area (TPSA) is 88.9 Å². The van der Waals surface area contributed by atoms with E-state index in [9.17, 15) is 14.4 Å². The highest BCUT2D eigenvalue weighted by Gasteiger charge is 2.21. The van der Waals surface area contributed by atoms with Crippen LogP contribution < -0.4 is 5.32 Å². The Morgan fingerprint density at radius 3 is 2.36 bits per heavy atom. The van der Waals surface area contributed by atoms with Gasteiger partial charge in [-0.1, -0.05) is 0 Å². The molecule has 122 valence electrons. The smallest absolute Gasteiger partial charge is 0.325 e. The van der Waals surface area contributed by atoms with E-state index in [1.54, 1.807) is 11.0 Å². The summed E-state index contributed by atoms with van der Waals surface area (Å²) >= 11 is 0. The van der Waals surface area contributed by atoms with Crippen LogP contribution in [0.1, 0.15) is 38.2 Å². The van der Waals surface area contributed by atoms with Gasteiger partial charge in [0.05, 0.1) is 6.26 Å². The number of nitrogens with one attached hydrogen (secondary N) is 1. The normalized spacial score (nSPS) is 10.6. The summed E-state index contributed by atoms with van der Waals surface area (Å²) in [5.41, 5.74) is 0. The van der Waals surface area contributed by atoms with E-state index in [4.69, 9.17) is 9.15 Å². The monoisotopic (exact) mass is 310 g/mol. The van der Waals surface area contributed by atoms with Gasteiger partial charge >= 0.3 is 5.97 Å². The van der Waals surface area contributed by atoms with E-state index in [1.165, 1.54) is 12.3 Å². The molecule has 0 saturated heterocycles. The molecule has 0 aliphatic heterocycles. The van der Waals surface area contributed by atoms with Crippen molar-refractivity contribution in [3.8, 4) is 0 Å². The highest BCUT2D eigenvalue weighted by molar-refractivity contribution is 5.93. The Kier molecular flexibility index (Phi) is 6.62. The van der Waals surface area contributed by atoms with Crippen molar-refractivity contribution in [2.45, 2.75) is 39.8 Å². The summed E-state index contributed by atoms with van der Waals surface area (Å²) in [5.74, 6) is -1.36. The summed E-state index contributed by atoms with van der Waals surface area (Å²) in [6.07, 6.45) is 1.36. The third kappa shape index (κ3) is 5.23. The van der Waals surface area contributed by atoms with Crippen LogP contribution >= 0.6 is 0 Å². The summed E-state index contributed by atoms with van der Waals surface area (Å²) in [5, 5.41) is 2.35. The minimum absolute atomic E-state index is 0.0184. The number of esters is 1. The zero-order valence-corrected chi connectivity index (χ0v) is 13.3. The van der Waals surface area contributed by atoms with Crippen molar-refractivity contribution in [3.63, 3.8) is 0 Å². The van der Waals surface area contributed by atoms with Gasteiger partial charge < -0.3 is 19.4 Å². The Morgan fingerprint density at radius 1 is 1.23 bits per heavy atom. The lowest BCUT2D eigenvalue weighted by Gasteiger charge is -2.30. The molecule has 7 nitrogen and oxygen atoms in total. The molecule has 1 rings (SSSR count). The van der Waals surface area contributed by atoms with E-state index >= 15 is 0 Å². The zero-order valence-electron chi connectivity index (χ0n) is 13.3. The second-order valence-corrected chi connectivity index (χ2v) is 5.31. The van der Waals surface area contributed by atoms with Crippen LogP contribution in [0.3, 0.4) is 0 Å². The van der Waals surface area contributed by atoms with E-state index in [1.807, 2.05) is 27.7 Å². The van der Waals surface area contributed by atoms with Crippen LogP contribution in [0.5, 0.6) is 0 Å². The van der Waals surface area contributed by atoms with E-state index in [-0.39, 0.29) is 36.9 Å². The molecule has 2 amide bonds. The maximum absolute atomic E-state index is 12.0. The fourth-order valence-corrected chi connectivity index (χ4v) is 2.09. The highest BCUT2D eigenvalue weighted by atomic mass is 16.5. The van der Waals surface area contributed by atoms with Crippen LogP contribution in [-0.4, -0.2) is 47.9 Å². The van der Waals surface area contributed by atoms with Gasteiger partial charge in [-0.25, -0.2) is 0 Å². The minimum Gasteiger partial charge on any atom is -0.459 e. The molecule has 0 unspecified atom stereocenters. The van der Waals surface area contributed by atoms with Gasteiger partial charge in [-0.15, -0.1) is 0 Å². The van der Waals surface area contributed by atoms with Crippen LogP contribution in [0.25, 0.3) is 0 Å². The van der Waals surface area contributed by atoms with Gasteiger partial charge in [0.15, 0.2) is 12.4 Å². The summed E-state index contributed by atoms with van der Waals surface area (Å²) in [4.78, 5) is 36.7. The average molecular weight is 310 g/mol. The SMILES string of the molecule is CC(C)N(C(=O)COC(=O)CNC(=O)c1ccco1)C(C)C. The van der Waals surface area contributed by atoms with Crippen molar-refractivity contribution in [2.75, 3.05) is 13.2 Å². The van der Waals surface area contributed by atoms with E-state index in [0.29, 0.717) is 0 Å². The van der Waals surface area contributed by atoms with Crippen LogP contribution in [0, 0.1) is 0 Å². The van der Waals surface area contributed by atoms with Crippen molar-refractivity contribution >= 4 is 17.8 Å². The molecule has 0 aliphatic rings. The second-order valence-electron chi connectivity index (χ2n) is 5.31. The lowest BCUT2D eigenvalue weighted by molar-refractivity contribution is -0.152. The predicted molar refractivity (Wildman–Crippen MR) is 79.1 cm³/mol. The number of carbonyl (C=O) groups excluding carboxylic acids is 3. The lowest BCUT2D eigenvalue weighted by Crippen LogP contribution is -2.44. The van der Waals surface area contributed by atoms with Crippen LogP contribution in [0.15, 0.2) is 22.8 Å². The van der Waals surface area contributed by atoms with Crippen molar-refractivity contribution in [2.24, 2.45) is 0 Å². The fourth-order valence-electron chi connectivity index (χ4n) is 2.09. The Bertz CT molecular complexity index is 500. The molecule has 0 atom stereocenters. The molecule has 1 aromatic rings. The van der Waals surface area contributed by atoms with Crippen molar-refractivity contribution in [3.05, 3.63) is 24.2 Å². The van der Waals surface area contributed by atoms with Gasteiger partial charge in [0.1, 0.15) is 6.54 Å². The molecule has 0 radical (unpaired) electrons. The molecule has 0 spiro atoms. The molecule has 0 bridgehead atoms. The largest absolute Gasteiger partial charge is 0.459 e. The standard InChI is InChI=1S/C15H22N2O5/c1-10(2)17(11(3)4)13(18)9-22-14(19)8-16-15(20)12-6-5-7-21-12/h5-7,10-11H,8-9H2,1-4H3,(H,16,20). The molecule has 0 aromatic carbocycles. The third-order valence-electron chi connectivity index (χ3n) is 2.90. The van der Waals surface area contributed by atoms with Gasteiger partial charge in [-0.05, 0) is 39.8 Å². The molecule has 0 aliphatic carbocycles. The Balaban J connectivity index is 2.36. The van der Waals surface area contributed by atoms with Crippen molar-refractivity contribution in [1.82, 2.24) is 10.2 Å². The molecule has 0 saturated carbocycles. The number of rotatable bonds is 7. The quantitative estimate of drug-likeness (QED) is 0.764. The third-order valence-corrected chi connectivity index (χ3v) is 2.90. The molecular formula is C15H22N2O5. The summed E-state index contributed by atoms with van der Waals surface area (Å²) in [6.45, 7) is 6.90. The van der Waals surface area contributed by atoms with Gasteiger partial charge in [0.25, 0.3) is 11.8 Å². The van der Waals surface area contributed by atoms with Crippen molar-refractivity contribution in [1.29, 1.82) is 0 Å². The number of furan rings is 1. The van der Waals surface area contributed by atoms with E-state index in [0.717, 1.165) is 0 Å². The van der Waals surface area contributed by atoms with E-state index < -0.39 is 11.9 Å². The summed E-state index contributed by atoms with van der Waals surface area (Å²) in [6, 6.07) is 3.08. The number of nitrogens with zero attached hydrogens (tertiary/aromatic N) is 1. The first-order valence-electron chi connectivity index (χ1n) is 7.11. The van der Waals surface area contributed by atoms with Gasteiger partial charge in [0.2, 0.25) is 0 Å². The number of amides is 2. The lowest BCUT2D eigenvalue weighted by atomic mass is 10.2. The van der Waals surface area contributed by atoms with Crippen molar-refractivity contribution < 1.29 is 23.5 Å². The highest BCUT2D eigenvalue weighted by Crippen LogP contribution is 2.05. The van der Waals surface area contributed by atoms with Crippen LogP contribution in [-0.2, 0) is 14.3 Å².